The second-order valence-corrected chi connectivity index (χ2v) is 1.47. The highest BCUT2D eigenvalue weighted by atomic mass is 16.4. The molecule has 0 aromatic carbocycles. The summed E-state index contributed by atoms with van der Waals surface area (Å²) < 4.78 is 0. The molecule has 0 aromatic rings. The number of carbonyl (C=O) groups is 2. The Hall–Kier alpha value is -0.900. The van der Waals surface area contributed by atoms with Crippen molar-refractivity contribution in [3.05, 3.63) is 0 Å². The number of aldehydes is 1. The summed E-state index contributed by atoms with van der Waals surface area (Å²) in [6.45, 7) is 3.06. The fourth-order valence-electron chi connectivity index (χ4n) is 0.118. The molecule has 4 nitrogen and oxygen atoms in total. The highest BCUT2D eigenvalue weighted by molar-refractivity contribution is 5.62. The van der Waals surface area contributed by atoms with Crippen molar-refractivity contribution in [2.24, 2.45) is 0 Å². The van der Waals surface area contributed by atoms with Crippen LogP contribution in [0.25, 0.3) is 0 Å². The Morgan fingerprint density at radius 3 is 1.90 bits per heavy atom. The van der Waals surface area contributed by atoms with Crippen LogP contribution >= 0.6 is 0 Å². The standard InChI is InChI=1S/C4H8O.C2H4O2.H2O/c1-2-3-4-5;1-2(3)4;/h4H,2-3H2,1H3;1H3,(H,3,4);1H2. The van der Waals surface area contributed by atoms with E-state index in [0.717, 1.165) is 19.6 Å². The Morgan fingerprint density at radius 1 is 1.60 bits per heavy atom. The predicted octanol–water partition coefficient (Wildman–Crippen LogP) is 0.252. The smallest absolute Gasteiger partial charge is 0.300 e. The third-order valence-electron chi connectivity index (χ3n) is 0.407. The van der Waals surface area contributed by atoms with Crippen molar-refractivity contribution in [1.29, 1.82) is 0 Å². The van der Waals surface area contributed by atoms with Crippen LogP contribution in [0, 0.1) is 0 Å². The summed E-state index contributed by atoms with van der Waals surface area (Å²) >= 11 is 0. The molecule has 3 N–H and O–H groups in total. The minimum atomic E-state index is -0.833. The number of unbranched alkanes of at least 4 members (excludes halogenated alkanes) is 1. The van der Waals surface area contributed by atoms with Gasteiger partial charge in [0, 0.05) is 13.3 Å². The first-order chi connectivity index (χ1) is 4.15. The van der Waals surface area contributed by atoms with Gasteiger partial charge in [-0.05, 0) is 6.42 Å². The fraction of sp³-hybridized carbons (Fsp3) is 0.667. The number of rotatable bonds is 2. The number of hydrogen-bond acceptors (Lipinski definition) is 2. The van der Waals surface area contributed by atoms with Gasteiger partial charge in [-0.15, -0.1) is 0 Å². The molecule has 0 saturated carbocycles. The lowest BCUT2D eigenvalue weighted by Gasteiger charge is -1.68. The lowest BCUT2D eigenvalue weighted by molar-refractivity contribution is -0.134. The molecule has 0 aromatic heterocycles. The monoisotopic (exact) mass is 150 g/mol. The molecule has 0 saturated heterocycles. The second kappa shape index (κ2) is 15.7. The summed E-state index contributed by atoms with van der Waals surface area (Å²) in [7, 11) is 0. The van der Waals surface area contributed by atoms with Crippen LogP contribution in [0.5, 0.6) is 0 Å². The largest absolute Gasteiger partial charge is 0.481 e. The van der Waals surface area contributed by atoms with E-state index in [-0.39, 0.29) is 5.48 Å². The number of aliphatic carboxylic acids is 1. The third-order valence-corrected chi connectivity index (χ3v) is 0.407. The Bertz CT molecular complexity index is 75.8. The van der Waals surface area contributed by atoms with E-state index in [9.17, 15) is 4.79 Å². The van der Waals surface area contributed by atoms with Gasteiger partial charge in [-0.3, -0.25) is 4.79 Å². The summed E-state index contributed by atoms with van der Waals surface area (Å²) in [4.78, 5) is 18.4. The van der Waals surface area contributed by atoms with E-state index >= 15 is 0 Å². The van der Waals surface area contributed by atoms with Gasteiger partial charge in [0.25, 0.3) is 5.97 Å². The van der Waals surface area contributed by atoms with E-state index in [1.54, 1.807) is 0 Å². The lowest BCUT2D eigenvalue weighted by atomic mass is 10.4. The Labute approximate surface area is 60.2 Å². The van der Waals surface area contributed by atoms with Crippen molar-refractivity contribution < 1.29 is 20.2 Å². The summed E-state index contributed by atoms with van der Waals surface area (Å²) in [6, 6.07) is 0. The third kappa shape index (κ3) is 218. The van der Waals surface area contributed by atoms with Crippen LogP contribution in [0.1, 0.15) is 26.7 Å². The van der Waals surface area contributed by atoms with Crippen molar-refractivity contribution in [3.63, 3.8) is 0 Å². The van der Waals surface area contributed by atoms with Crippen LogP contribution in [0.3, 0.4) is 0 Å². The molecule has 0 aliphatic rings. The maximum absolute atomic E-state index is 9.40. The minimum absolute atomic E-state index is 0. The van der Waals surface area contributed by atoms with Crippen LogP contribution in [0.15, 0.2) is 0 Å². The lowest BCUT2D eigenvalue weighted by Crippen LogP contribution is -1.78. The second-order valence-electron chi connectivity index (χ2n) is 1.47. The number of carboxylic acid groups (broad SMARTS) is 1. The highest BCUT2D eigenvalue weighted by Gasteiger charge is 1.66. The first-order valence-electron chi connectivity index (χ1n) is 2.78. The summed E-state index contributed by atoms with van der Waals surface area (Å²) in [6.07, 6.45) is 2.61. The van der Waals surface area contributed by atoms with Crippen LogP contribution in [-0.2, 0) is 9.59 Å². The maximum atomic E-state index is 9.40. The van der Waals surface area contributed by atoms with Crippen molar-refractivity contribution in [1.82, 2.24) is 0 Å². The summed E-state index contributed by atoms with van der Waals surface area (Å²) in [5, 5.41) is 7.42. The van der Waals surface area contributed by atoms with Gasteiger partial charge in [-0.25, -0.2) is 0 Å². The van der Waals surface area contributed by atoms with Crippen LogP contribution in [0.4, 0.5) is 0 Å². The quantitative estimate of drug-likeness (QED) is 0.572. The Kier molecular flexibility index (Phi) is 25.2. The zero-order valence-corrected chi connectivity index (χ0v) is 6.26. The molecule has 0 rings (SSSR count). The molecular weight excluding hydrogens is 136 g/mol. The summed E-state index contributed by atoms with van der Waals surface area (Å²) in [5.74, 6) is -0.833. The van der Waals surface area contributed by atoms with Crippen LogP contribution in [-0.4, -0.2) is 22.8 Å². The van der Waals surface area contributed by atoms with E-state index < -0.39 is 5.97 Å². The molecule has 0 aliphatic carbocycles. The van der Waals surface area contributed by atoms with Gasteiger partial charge in [0.15, 0.2) is 0 Å². The van der Waals surface area contributed by atoms with Gasteiger partial charge in [-0.2, -0.15) is 0 Å². The highest BCUT2D eigenvalue weighted by Crippen LogP contribution is 1.74. The zero-order chi connectivity index (χ0) is 7.70. The molecule has 0 heterocycles. The SMILES string of the molecule is CC(=O)O.CCCC=O.O. The molecule has 0 fully saturated rings. The Morgan fingerprint density at radius 2 is 1.90 bits per heavy atom. The average molecular weight is 150 g/mol. The van der Waals surface area contributed by atoms with Gasteiger partial charge in [0.1, 0.15) is 6.29 Å². The van der Waals surface area contributed by atoms with Crippen molar-refractivity contribution in [2.75, 3.05) is 0 Å². The number of carboxylic acids is 1. The number of carbonyl (C=O) groups excluding carboxylic acids is 1. The first kappa shape index (κ1) is 16.0. The molecule has 0 aliphatic heterocycles. The molecule has 4 heteroatoms. The molecule has 62 valence electrons. The van der Waals surface area contributed by atoms with Gasteiger partial charge < -0.3 is 15.4 Å². The van der Waals surface area contributed by atoms with E-state index in [1.807, 2.05) is 6.92 Å². The molecule has 0 spiro atoms. The molecule has 0 unspecified atom stereocenters. The zero-order valence-electron chi connectivity index (χ0n) is 6.26. The van der Waals surface area contributed by atoms with Gasteiger partial charge in [-0.1, -0.05) is 6.92 Å². The Balaban J connectivity index is -0.0000000910. The van der Waals surface area contributed by atoms with E-state index in [2.05, 4.69) is 0 Å². The first-order valence-corrected chi connectivity index (χ1v) is 2.78. The van der Waals surface area contributed by atoms with E-state index in [1.165, 1.54) is 0 Å². The topological polar surface area (TPSA) is 85.9 Å². The van der Waals surface area contributed by atoms with Crippen molar-refractivity contribution in [3.8, 4) is 0 Å². The fourth-order valence-corrected chi connectivity index (χ4v) is 0.118. The molecule has 0 radical (unpaired) electrons. The van der Waals surface area contributed by atoms with Crippen molar-refractivity contribution in [2.45, 2.75) is 26.7 Å². The van der Waals surface area contributed by atoms with E-state index in [0.29, 0.717) is 6.42 Å². The molecule has 0 bridgehead atoms. The normalized spacial score (nSPS) is 6.20. The van der Waals surface area contributed by atoms with E-state index in [4.69, 9.17) is 9.90 Å². The summed E-state index contributed by atoms with van der Waals surface area (Å²) in [5.41, 5.74) is 0. The van der Waals surface area contributed by atoms with Gasteiger partial charge in [0.2, 0.25) is 0 Å². The van der Waals surface area contributed by atoms with Gasteiger partial charge >= 0.3 is 0 Å². The molecule has 0 atom stereocenters. The predicted molar refractivity (Wildman–Crippen MR) is 37.9 cm³/mol. The molecular formula is C6H14O4. The molecule has 0 amide bonds. The van der Waals surface area contributed by atoms with Crippen molar-refractivity contribution >= 4 is 12.3 Å². The van der Waals surface area contributed by atoms with Crippen LogP contribution in [0.2, 0.25) is 0 Å². The molecule has 10 heavy (non-hydrogen) atoms. The average Bonchev–Trinajstić information content (AvgIpc) is 1.66. The number of hydrogen-bond donors (Lipinski definition) is 1. The van der Waals surface area contributed by atoms with Gasteiger partial charge in [0.05, 0.1) is 0 Å². The minimum Gasteiger partial charge on any atom is -0.481 e. The van der Waals surface area contributed by atoms with Crippen LogP contribution < -0.4 is 0 Å². The maximum Gasteiger partial charge on any atom is 0.300 e.